The van der Waals surface area contributed by atoms with E-state index in [0.717, 1.165) is 11.3 Å². The first-order valence-corrected chi connectivity index (χ1v) is 17.2. The molecule has 0 radical (unpaired) electrons. The monoisotopic (exact) mass is 767 g/mol. The van der Waals surface area contributed by atoms with Crippen molar-refractivity contribution in [3.05, 3.63) is 41.7 Å². The molecule has 2 heterocycles. The number of hydrogen-bond donors (Lipinski definition) is 10. The maximum absolute atomic E-state index is 12.8. The number of aliphatic carboxylic acids is 3. The lowest BCUT2D eigenvalue weighted by atomic mass is 9.94. The third-order valence-corrected chi connectivity index (χ3v) is 8.49. The Morgan fingerprint density at radius 3 is 2.11 bits per heavy atom. The number of halogens is 1. The van der Waals surface area contributed by atoms with Crippen molar-refractivity contribution < 1.29 is 68.5 Å². The van der Waals surface area contributed by atoms with Crippen molar-refractivity contribution >= 4 is 35.8 Å². The summed E-state index contributed by atoms with van der Waals surface area (Å²) in [6, 6.07) is 3.10. The minimum Gasteiger partial charge on any atom is -0.481 e. The molecule has 7 atom stereocenters. The molecule has 1 aliphatic heterocycles. The second-order valence-corrected chi connectivity index (χ2v) is 12.6. The number of aryl methyl sites for hydroxylation is 2. The van der Waals surface area contributed by atoms with Crippen LogP contribution >= 0.6 is 0 Å². The van der Waals surface area contributed by atoms with Gasteiger partial charge in [0.15, 0.2) is 6.10 Å². The molecule has 21 heteroatoms. The molecule has 4 amide bonds. The number of ether oxygens (including phenoxy) is 1. The van der Waals surface area contributed by atoms with Gasteiger partial charge in [-0.05, 0) is 62.6 Å². The van der Waals surface area contributed by atoms with Crippen LogP contribution in [-0.4, -0.2) is 144 Å². The minimum atomic E-state index is -1.81. The zero-order valence-electron chi connectivity index (χ0n) is 29.2. The number of carbonyl (C=O) groups is 6. The van der Waals surface area contributed by atoms with Crippen molar-refractivity contribution in [1.29, 1.82) is 0 Å². The fourth-order valence-corrected chi connectivity index (χ4v) is 5.43. The van der Waals surface area contributed by atoms with Gasteiger partial charge in [0, 0.05) is 25.9 Å². The fourth-order valence-electron chi connectivity index (χ4n) is 5.43. The number of amides is 4. The molecule has 1 aromatic heterocycles. The summed E-state index contributed by atoms with van der Waals surface area (Å²) in [5.74, 6) is -5.44. The molecule has 0 unspecified atom stereocenters. The summed E-state index contributed by atoms with van der Waals surface area (Å²) >= 11 is 0. The normalized spacial score (nSPS) is 20.6. The molecule has 1 aromatic carbocycles. The Morgan fingerprint density at radius 1 is 0.815 bits per heavy atom. The summed E-state index contributed by atoms with van der Waals surface area (Å²) < 4.78 is 19.5. The number of unbranched alkanes of at least 4 members (excludes halogenated alkanes) is 1. The van der Waals surface area contributed by atoms with Gasteiger partial charge in [-0.25, -0.2) is 19.1 Å². The molecule has 1 aliphatic rings. The van der Waals surface area contributed by atoms with Crippen molar-refractivity contribution in [3.8, 4) is 5.69 Å². The van der Waals surface area contributed by atoms with Crippen LogP contribution in [0.3, 0.4) is 0 Å². The van der Waals surface area contributed by atoms with E-state index in [9.17, 15) is 53.6 Å². The molecule has 298 valence electrons. The second kappa shape index (κ2) is 21.5. The summed E-state index contributed by atoms with van der Waals surface area (Å²) in [5.41, 5.74) is 2.25. The average molecular weight is 768 g/mol. The van der Waals surface area contributed by atoms with Gasteiger partial charge in [0.05, 0.1) is 24.3 Å². The van der Waals surface area contributed by atoms with Gasteiger partial charge in [-0.15, -0.1) is 5.10 Å². The van der Waals surface area contributed by atoms with Crippen LogP contribution < -0.4 is 21.3 Å². The van der Waals surface area contributed by atoms with E-state index in [-0.39, 0.29) is 38.8 Å². The predicted molar refractivity (Wildman–Crippen MR) is 182 cm³/mol. The maximum atomic E-state index is 12.8. The highest BCUT2D eigenvalue weighted by Gasteiger charge is 2.46. The number of nitrogens with zero attached hydrogens (tertiary/aromatic N) is 3. The summed E-state index contributed by atoms with van der Waals surface area (Å²) in [6.45, 7) is -0.764. The first-order chi connectivity index (χ1) is 25.7. The van der Waals surface area contributed by atoms with E-state index in [1.165, 1.54) is 0 Å². The van der Waals surface area contributed by atoms with E-state index in [2.05, 4.69) is 26.3 Å². The van der Waals surface area contributed by atoms with Gasteiger partial charge in [0.1, 0.15) is 36.5 Å². The lowest BCUT2D eigenvalue weighted by Crippen LogP contribution is -2.63. The summed E-state index contributed by atoms with van der Waals surface area (Å²) in [4.78, 5) is 71.2. The Balaban J connectivity index is 1.40. The number of carboxylic acid groups (broad SMARTS) is 3. The highest BCUT2D eigenvalue weighted by atomic mass is 19.1. The summed E-state index contributed by atoms with van der Waals surface area (Å²) in [5, 5.41) is 75.8. The topological polar surface area (TPSA) is 312 Å². The van der Waals surface area contributed by atoms with Crippen LogP contribution in [-0.2, 0) is 41.6 Å². The molecule has 1 fully saturated rings. The Labute approximate surface area is 308 Å². The van der Waals surface area contributed by atoms with E-state index >= 15 is 0 Å². The lowest BCUT2D eigenvalue weighted by Gasteiger charge is -2.40. The van der Waals surface area contributed by atoms with Crippen LogP contribution in [0.5, 0.6) is 0 Å². The number of urea groups is 1. The van der Waals surface area contributed by atoms with Crippen LogP contribution in [0.15, 0.2) is 30.5 Å². The predicted octanol–water partition coefficient (Wildman–Crippen LogP) is -1.57. The number of aliphatic hydroxyl groups excluding tert-OH is 3. The molecule has 0 bridgehead atoms. The Morgan fingerprint density at radius 2 is 1.48 bits per heavy atom. The standard InChI is InChI=1S/C33H46FN7O13/c34-14-3-4-19-17-41(40-39-19)20-9-6-18(7-10-20)8-12-24(42)36-16-23-26(45)27(46)28(47)29(54-23)30(48)35-15-2-1-5-21(31(49)50)37-33(53)38-22(32(51)52)11-13-25(43)44/h6-7,9-10,17,21-23,26-29,45-47H,1-5,8,11-16H2,(H,35,48)(H,36,42)(H,43,44)(H,49,50)(H,51,52)(H2,37,38,53)/t21-,22-,23-,26-,27+,28+,29-/m0/s1. The van der Waals surface area contributed by atoms with Gasteiger partial charge in [-0.2, -0.15) is 0 Å². The number of aliphatic hydroxyl groups is 3. The van der Waals surface area contributed by atoms with E-state index < -0.39 is 97.9 Å². The highest BCUT2D eigenvalue weighted by Crippen LogP contribution is 2.21. The number of rotatable bonds is 22. The molecule has 2 aromatic rings. The zero-order valence-corrected chi connectivity index (χ0v) is 29.2. The van der Waals surface area contributed by atoms with Crippen LogP contribution in [0.1, 0.15) is 56.2 Å². The molecule has 0 aliphatic carbocycles. The van der Waals surface area contributed by atoms with E-state index in [0.29, 0.717) is 25.0 Å². The first kappa shape index (κ1) is 43.2. The number of aromatic nitrogens is 3. The van der Waals surface area contributed by atoms with E-state index in [4.69, 9.17) is 14.9 Å². The van der Waals surface area contributed by atoms with Crippen molar-refractivity contribution in [1.82, 2.24) is 36.3 Å². The third kappa shape index (κ3) is 13.6. The number of benzene rings is 1. The molecule has 10 N–H and O–H groups in total. The average Bonchev–Trinajstić information content (AvgIpc) is 3.61. The van der Waals surface area contributed by atoms with Gasteiger partial charge in [0.25, 0.3) is 5.91 Å². The van der Waals surface area contributed by atoms with Gasteiger partial charge in [-0.1, -0.05) is 17.3 Å². The van der Waals surface area contributed by atoms with Gasteiger partial charge in [-0.3, -0.25) is 18.8 Å². The second-order valence-electron chi connectivity index (χ2n) is 12.6. The molecule has 3 rings (SSSR count). The molecule has 20 nitrogen and oxygen atoms in total. The molecule has 54 heavy (non-hydrogen) atoms. The number of carboxylic acids is 3. The summed E-state index contributed by atoms with van der Waals surface area (Å²) in [6.07, 6.45) is -5.85. The fraction of sp³-hybridized carbons (Fsp3) is 0.576. The number of alkyl halides is 1. The van der Waals surface area contributed by atoms with Crippen molar-refractivity contribution in [3.63, 3.8) is 0 Å². The van der Waals surface area contributed by atoms with Gasteiger partial charge < -0.3 is 56.6 Å². The van der Waals surface area contributed by atoms with Gasteiger partial charge >= 0.3 is 23.9 Å². The van der Waals surface area contributed by atoms with Crippen LogP contribution in [0.25, 0.3) is 5.69 Å². The largest absolute Gasteiger partial charge is 0.481 e. The zero-order chi connectivity index (χ0) is 39.8. The molecule has 1 saturated heterocycles. The molecule has 0 spiro atoms. The van der Waals surface area contributed by atoms with E-state index in [1.807, 2.05) is 17.4 Å². The maximum Gasteiger partial charge on any atom is 0.326 e. The molecular weight excluding hydrogens is 721 g/mol. The third-order valence-electron chi connectivity index (χ3n) is 8.49. The SMILES string of the molecule is O=C(O)CC[C@H](NC(=O)N[C@@H](CCCCNC(=O)[C@H]1O[C@@H](CNC(=O)CCc2ccc(-n3cc(CCCF)nn3)cc2)[C@H](O)[C@@H](O)[C@H]1O)C(=O)O)C(=O)O. The van der Waals surface area contributed by atoms with Gasteiger partial charge in [0.2, 0.25) is 5.91 Å². The molecule has 0 saturated carbocycles. The quantitative estimate of drug-likeness (QED) is 0.0605. The highest BCUT2D eigenvalue weighted by molar-refractivity contribution is 5.86. The summed E-state index contributed by atoms with van der Waals surface area (Å²) in [7, 11) is 0. The van der Waals surface area contributed by atoms with Crippen LogP contribution in [0.2, 0.25) is 0 Å². The Kier molecular flexibility index (Phi) is 17.1. The number of carbonyl (C=O) groups excluding carboxylic acids is 3. The van der Waals surface area contributed by atoms with Crippen molar-refractivity contribution in [2.24, 2.45) is 0 Å². The first-order valence-electron chi connectivity index (χ1n) is 17.2. The number of nitrogens with one attached hydrogen (secondary N) is 4. The van der Waals surface area contributed by atoms with Crippen molar-refractivity contribution in [2.75, 3.05) is 19.8 Å². The van der Waals surface area contributed by atoms with E-state index in [1.54, 1.807) is 23.0 Å². The molecular formula is C33H46FN7O13. The lowest BCUT2D eigenvalue weighted by molar-refractivity contribution is -0.219. The smallest absolute Gasteiger partial charge is 0.326 e. The van der Waals surface area contributed by atoms with Crippen molar-refractivity contribution in [2.45, 2.75) is 100 Å². The Hall–Kier alpha value is -5.25. The minimum absolute atomic E-state index is 0.0401. The Bertz CT molecular complexity index is 1580. The van der Waals surface area contributed by atoms with Crippen LogP contribution in [0.4, 0.5) is 9.18 Å². The van der Waals surface area contributed by atoms with Crippen LogP contribution in [0, 0.1) is 0 Å². The number of hydrogen-bond acceptors (Lipinski definition) is 12.